The van der Waals surface area contributed by atoms with Crippen LogP contribution in [0.2, 0.25) is 0 Å². The van der Waals surface area contributed by atoms with E-state index in [-0.39, 0.29) is 5.91 Å². The summed E-state index contributed by atoms with van der Waals surface area (Å²) in [6.07, 6.45) is 11.0. The summed E-state index contributed by atoms with van der Waals surface area (Å²) in [6, 6.07) is 5.90. The van der Waals surface area contributed by atoms with Crippen molar-refractivity contribution in [2.75, 3.05) is 5.32 Å². The van der Waals surface area contributed by atoms with E-state index in [1.807, 2.05) is 23.7 Å². The molecule has 0 saturated heterocycles. The smallest absolute Gasteiger partial charge is 0.224 e. The highest BCUT2D eigenvalue weighted by molar-refractivity contribution is 7.08. The average Bonchev–Trinajstić information content (AvgIpc) is 3.66. The van der Waals surface area contributed by atoms with Gasteiger partial charge in [0.2, 0.25) is 5.91 Å². The first-order valence-corrected chi connectivity index (χ1v) is 12.6. The molecule has 36 heavy (non-hydrogen) atoms. The molecule has 0 spiro atoms. The second-order valence-electron chi connectivity index (χ2n) is 8.48. The standard InChI is InChI=1S/C26H22N8OS/c1-2-3-4-23(35)30-17-7-16(9-27-10-17)20-8-18-21(13-29-20)33-34-25(18)26-31-22-12-28-11-19(24(22)32-26)15-5-6-36-14-15/h5-14H,2-4H2,1H3,(H,30,35)(H,31,32)(H,33,34). The predicted molar refractivity (Wildman–Crippen MR) is 141 cm³/mol. The molecule has 178 valence electrons. The molecule has 10 heteroatoms. The number of unbranched alkanes of at least 4 members (excludes halogenated alkanes) is 1. The van der Waals surface area contributed by atoms with Crippen molar-refractivity contribution in [3.63, 3.8) is 0 Å². The number of hydrogen-bond donors (Lipinski definition) is 3. The molecule has 0 saturated carbocycles. The number of fused-ring (bicyclic) bond motifs is 2. The number of hydrogen-bond acceptors (Lipinski definition) is 7. The van der Waals surface area contributed by atoms with Crippen molar-refractivity contribution in [3.05, 3.63) is 59.9 Å². The minimum atomic E-state index is -0.0162. The Balaban J connectivity index is 1.37. The second kappa shape index (κ2) is 9.31. The highest BCUT2D eigenvalue weighted by atomic mass is 32.1. The van der Waals surface area contributed by atoms with E-state index in [0.29, 0.717) is 23.6 Å². The Kier molecular flexibility index (Phi) is 5.70. The van der Waals surface area contributed by atoms with Crippen LogP contribution >= 0.6 is 11.3 Å². The number of H-pyrrole nitrogens is 2. The molecule has 3 N–H and O–H groups in total. The van der Waals surface area contributed by atoms with Crippen LogP contribution in [-0.2, 0) is 4.79 Å². The van der Waals surface area contributed by atoms with E-state index in [2.05, 4.69) is 53.8 Å². The lowest BCUT2D eigenvalue weighted by Gasteiger charge is -2.07. The molecule has 0 aliphatic carbocycles. The number of aromatic nitrogens is 7. The van der Waals surface area contributed by atoms with Crippen molar-refractivity contribution >= 4 is 44.9 Å². The second-order valence-corrected chi connectivity index (χ2v) is 9.26. The Morgan fingerprint density at radius 3 is 2.83 bits per heavy atom. The Hall–Kier alpha value is -4.44. The number of carbonyl (C=O) groups is 1. The lowest BCUT2D eigenvalue weighted by atomic mass is 10.1. The van der Waals surface area contributed by atoms with E-state index in [0.717, 1.165) is 57.2 Å². The van der Waals surface area contributed by atoms with Crippen molar-refractivity contribution in [1.29, 1.82) is 0 Å². The van der Waals surface area contributed by atoms with Gasteiger partial charge in [0.15, 0.2) is 5.82 Å². The molecule has 1 amide bonds. The van der Waals surface area contributed by atoms with Gasteiger partial charge in [-0.05, 0) is 40.9 Å². The van der Waals surface area contributed by atoms with E-state index in [9.17, 15) is 4.79 Å². The Morgan fingerprint density at radius 2 is 1.97 bits per heavy atom. The van der Waals surface area contributed by atoms with Crippen molar-refractivity contribution in [3.8, 4) is 33.9 Å². The molecule has 0 aromatic carbocycles. The Labute approximate surface area is 210 Å². The number of carbonyl (C=O) groups excluding carboxylic acids is 1. The molecular formula is C26H22N8OS. The summed E-state index contributed by atoms with van der Waals surface area (Å²) < 4.78 is 0. The van der Waals surface area contributed by atoms with Crippen LogP contribution in [0.15, 0.2) is 59.9 Å². The lowest BCUT2D eigenvalue weighted by molar-refractivity contribution is -0.116. The maximum Gasteiger partial charge on any atom is 0.224 e. The predicted octanol–water partition coefficient (Wildman–Crippen LogP) is 5.82. The maximum atomic E-state index is 12.2. The summed E-state index contributed by atoms with van der Waals surface area (Å²) in [6.45, 7) is 2.06. The third-order valence-corrected chi connectivity index (χ3v) is 6.66. The van der Waals surface area contributed by atoms with Crippen LogP contribution in [0.3, 0.4) is 0 Å². The monoisotopic (exact) mass is 494 g/mol. The lowest BCUT2D eigenvalue weighted by Crippen LogP contribution is -2.11. The molecule has 0 aliphatic heterocycles. The topological polar surface area (TPSA) is 125 Å². The molecule has 0 unspecified atom stereocenters. The fraction of sp³-hybridized carbons (Fsp3) is 0.154. The number of anilines is 1. The maximum absolute atomic E-state index is 12.2. The van der Waals surface area contributed by atoms with E-state index in [1.165, 1.54) is 0 Å². The number of thiophene rings is 1. The van der Waals surface area contributed by atoms with Gasteiger partial charge in [0, 0.05) is 35.3 Å². The molecular weight excluding hydrogens is 472 g/mol. The summed E-state index contributed by atoms with van der Waals surface area (Å²) >= 11 is 1.64. The molecule has 0 bridgehead atoms. The van der Waals surface area contributed by atoms with E-state index in [1.54, 1.807) is 36.1 Å². The largest absolute Gasteiger partial charge is 0.335 e. The quantitative estimate of drug-likeness (QED) is 0.257. The van der Waals surface area contributed by atoms with Crippen molar-refractivity contribution in [1.82, 2.24) is 35.1 Å². The first-order valence-electron chi connectivity index (χ1n) is 11.7. The van der Waals surface area contributed by atoms with Crippen molar-refractivity contribution in [2.45, 2.75) is 26.2 Å². The van der Waals surface area contributed by atoms with Gasteiger partial charge in [0.1, 0.15) is 11.2 Å². The van der Waals surface area contributed by atoms with E-state index >= 15 is 0 Å². The number of amides is 1. The minimum Gasteiger partial charge on any atom is -0.335 e. The van der Waals surface area contributed by atoms with Gasteiger partial charge < -0.3 is 10.3 Å². The summed E-state index contributed by atoms with van der Waals surface area (Å²) in [7, 11) is 0. The third kappa shape index (κ3) is 4.11. The van der Waals surface area contributed by atoms with Crippen LogP contribution in [0.4, 0.5) is 5.69 Å². The Morgan fingerprint density at radius 1 is 1.06 bits per heavy atom. The highest BCUT2D eigenvalue weighted by Gasteiger charge is 2.17. The zero-order valence-electron chi connectivity index (χ0n) is 19.4. The highest BCUT2D eigenvalue weighted by Crippen LogP contribution is 2.32. The van der Waals surface area contributed by atoms with Crippen LogP contribution < -0.4 is 5.32 Å². The van der Waals surface area contributed by atoms with Gasteiger partial charge in [0.25, 0.3) is 0 Å². The summed E-state index contributed by atoms with van der Waals surface area (Å²) in [5.74, 6) is 0.630. The summed E-state index contributed by atoms with van der Waals surface area (Å²) in [5, 5.41) is 15.5. The van der Waals surface area contributed by atoms with Crippen LogP contribution in [0, 0.1) is 0 Å². The fourth-order valence-corrected chi connectivity index (χ4v) is 4.79. The van der Waals surface area contributed by atoms with E-state index < -0.39 is 0 Å². The van der Waals surface area contributed by atoms with Gasteiger partial charge in [-0.2, -0.15) is 16.4 Å². The number of pyridine rings is 3. The van der Waals surface area contributed by atoms with Gasteiger partial charge in [-0.3, -0.25) is 24.8 Å². The number of imidazole rings is 1. The van der Waals surface area contributed by atoms with Crippen LogP contribution in [0.1, 0.15) is 26.2 Å². The minimum absolute atomic E-state index is 0.0162. The summed E-state index contributed by atoms with van der Waals surface area (Å²) in [5.41, 5.74) is 7.40. The van der Waals surface area contributed by atoms with Crippen LogP contribution in [0.25, 0.3) is 55.8 Å². The first kappa shape index (κ1) is 22.1. The first-order chi connectivity index (χ1) is 17.7. The van der Waals surface area contributed by atoms with Crippen LogP contribution in [-0.4, -0.2) is 41.0 Å². The molecule has 6 heterocycles. The van der Waals surface area contributed by atoms with Crippen molar-refractivity contribution in [2.24, 2.45) is 0 Å². The van der Waals surface area contributed by atoms with Gasteiger partial charge in [-0.25, -0.2) is 4.98 Å². The SMILES string of the molecule is CCCCC(=O)Nc1cncc(-c2cc3c(-c4nc5c(-c6ccsc6)cncc5[nH]4)n[nH]c3cn2)c1. The van der Waals surface area contributed by atoms with Gasteiger partial charge in [0.05, 0.1) is 41.0 Å². The molecule has 6 aromatic heterocycles. The fourth-order valence-electron chi connectivity index (χ4n) is 4.14. The number of rotatable bonds is 7. The summed E-state index contributed by atoms with van der Waals surface area (Å²) in [4.78, 5) is 33.7. The Bertz CT molecular complexity index is 1690. The van der Waals surface area contributed by atoms with Crippen LogP contribution in [0.5, 0.6) is 0 Å². The third-order valence-electron chi connectivity index (χ3n) is 5.97. The number of nitrogens with one attached hydrogen (secondary N) is 3. The molecule has 0 aliphatic rings. The molecule has 0 fully saturated rings. The van der Waals surface area contributed by atoms with Gasteiger partial charge >= 0.3 is 0 Å². The zero-order valence-corrected chi connectivity index (χ0v) is 20.3. The molecule has 0 atom stereocenters. The molecule has 6 aromatic rings. The molecule has 9 nitrogen and oxygen atoms in total. The van der Waals surface area contributed by atoms with E-state index in [4.69, 9.17) is 4.98 Å². The molecule has 0 radical (unpaired) electrons. The average molecular weight is 495 g/mol. The number of aromatic amines is 2. The zero-order chi connectivity index (χ0) is 24.5. The van der Waals surface area contributed by atoms with Gasteiger partial charge in [-0.1, -0.05) is 13.3 Å². The van der Waals surface area contributed by atoms with Crippen molar-refractivity contribution < 1.29 is 4.79 Å². The molecule has 6 rings (SSSR count). The number of nitrogens with zero attached hydrogens (tertiary/aromatic N) is 5. The van der Waals surface area contributed by atoms with Gasteiger partial charge in [-0.15, -0.1) is 0 Å². The normalized spacial score (nSPS) is 11.4.